The van der Waals surface area contributed by atoms with Gasteiger partial charge in [-0.05, 0) is 47.0 Å². The van der Waals surface area contributed by atoms with Crippen molar-refractivity contribution in [3.63, 3.8) is 0 Å². The van der Waals surface area contributed by atoms with Gasteiger partial charge in [0.05, 0.1) is 0 Å². The molecule has 0 radical (unpaired) electrons. The monoisotopic (exact) mass is 438 g/mol. The lowest BCUT2D eigenvalue weighted by Gasteiger charge is -2.46. The van der Waals surface area contributed by atoms with Gasteiger partial charge in [0.15, 0.2) is 7.98 Å². The van der Waals surface area contributed by atoms with Gasteiger partial charge in [-0.25, -0.2) is 9.59 Å². The summed E-state index contributed by atoms with van der Waals surface area (Å²) in [4.78, 5) is 27.0. The molecular formula is C22H39BN2O6. The van der Waals surface area contributed by atoms with Crippen LogP contribution in [0.3, 0.4) is 0 Å². The molecule has 0 aromatic heterocycles. The fraction of sp³-hybridized carbons (Fsp3) is 0.727. The Morgan fingerprint density at radius 2 is 1.52 bits per heavy atom. The molecule has 1 heterocycles. The molecule has 176 valence electrons. The highest BCUT2D eigenvalue weighted by Crippen LogP contribution is 2.36. The Kier molecular flexibility index (Phi) is 10.4. The molecule has 0 bridgehead atoms. The number of hydrogen-bond donors (Lipinski definition) is 2. The van der Waals surface area contributed by atoms with Crippen LogP contribution >= 0.6 is 0 Å². The van der Waals surface area contributed by atoms with Crippen LogP contribution in [0.15, 0.2) is 25.3 Å². The van der Waals surface area contributed by atoms with E-state index >= 15 is 0 Å². The van der Waals surface area contributed by atoms with E-state index in [2.05, 4.69) is 53.6 Å². The molecule has 0 aromatic carbocycles. The summed E-state index contributed by atoms with van der Waals surface area (Å²) < 4.78 is 9.94. The molecule has 31 heavy (non-hydrogen) atoms. The van der Waals surface area contributed by atoms with Crippen molar-refractivity contribution in [1.29, 1.82) is 0 Å². The molecule has 0 saturated carbocycles. The lowest BCUT2D eigenvalue weighted by atomic mass is 9.87. The SMILES string of the molecule is BN1C(C)(C)CCC(N(CC(O)COC(=O)C=C)CC(O)COC(=O)C=C)CC1(C)C. The van der Waals surface area contributed by atoms with Gasteiger partial charge in [-0.1, -0.05) is 13.2 Å². The molecule has 0 amide bonds. The maximum atomic E-state index is 11.3. The topological polar surface area (TPSA) is 99.5 Å². The van der Waals surface area contributed by atoms with Gasteiger partial charge in [0.25, 0.3) is 0 Å². The Bertz CT molecular complexity index is 607. The second-order valence-electron chi connectivity index (χ2n) is 9.51. The highest BCUT2D eigenvalue weighted by Gasteiger charge is 2.41. The van der Waals surface area contributed by atoms with Gasteiger partial charge in [0.2, 0.25) is 0 Å². The summed E-state index contributed by atoms with van der Waals surface area (Å²) in [5.41, 5.74) is -0.108. The van der Waals surface area contributed by atoms with E-state index in [4.69, 9.17) is 9.47 Å². The molecule has 0 aromatic rings. The summed E-state index contributed by atoms with van der Waals surface area (Å²) >= 11 is 0. The molecule has 0 aliphatic carbocycles. The smallest absolute Gasteiger partial charge is 0.330 e. The number of aliphatic hydroxyl groups excluding tert-OH is 2. The van der Waals surface area contributed by atoms with E-state index in [1.165, 1.54) is 0 Å². The first-order valence-corrected chi connectivity index (χ1v) is 10.7. The molecule has 3 unspecified atom stereocenters. The lowest BCUT2D eigenvalue weighted by Crippen LogP contribution is -2.54. The highest BCUT2D eigenvalue weighted by molar-refractivity contribution is 6.05. The van der Waals surface area contributed by atoms with Crippen molar-refractivity contribution in [2.24, 2.45) is 0 Å². The zero-order valence-electron chi connectivity index (χ0n) is 19.7. The lowest BCUT2D eigenvalue weighted by molar-refractivity contribution is -0.141. The van der Waals surface area contributed by atoms with Crippen molar-refractivity contribution in [3.05, 3.63) is 25.3 Å². The van der Waals surface area contributed by atoms with Crippen LogP contribution in [0.25, 0.3) is 0 Å². The molecule has 3 atom stereocenters. The van der Waals surface area contributed by atoms with Crippen LogP contribution in [-0.4, -0.2) is 95.5 Å². The third-order valence-electron chi connectivity index (χ3n) is 6.22. The average Bonchev–Trinajstić information content (AvgIpc) is 2.79. The van der Waals surface area contributed by atoms with Crippen LogP contribution < -0.4 is 0 Å². The van der Waals surface area contributed by atoms with Crippen molar-refractivity contribution in [2.75, 3.05) is 26.3 Å². The van der Waals surface area contributed by atoms with Crippen LogP contribution in [0.2, 0.25) is 0 Å². The average molecular weight is 438 g/mol. The number of hydrogen-bond acceptors (Lipinski definition) is 8. The third kappa shape index (κ3) is 8.76. The first-order chi connectivity index (χ1) is 14.3. The number of esters is 2. The molecule has 1 saturated heterocycles. The molecule has 9 heteroatoms. The van der Waals surface area contributed by atoms with Crippen LogP contribution in [0, 0.1) is 0 Å². The molecule has 2 N–H and O–H groups in total. The summed E-state index contributed by atoms with van der Waals surface area (Å²) in [5, 5.41) is 20.9. The first-order valence-electron chi connectivity index (χ1n) is 10.7. The maximum absolute atomic E-state index is 11.3. The Labute approximate surface area is 187 Å². The third-order valence-corrected chi connectivity index (χ3v) is 6.22. The second kappa shape index (κ2) is 11.8. The largest absolute Gasteiger partial charge is 0.460 e. The Morgan fingerprint density at radius 1 is 1.06 bits per heavy atom. The molecule has 8 nitrogen and oxygen atoms in total. The number of rotatable bonds is 11. The normalized spacial score (nSPS) is 22.7. The number of carbonyl (C=O) groups excluding carboxylic acids is 2. The van der Waals surface area contributed by atoms with Gasteiger partial charge in [-0.3, -0.25) is 4.90 Å². The molecule has 1 aliphatic heterocycles. The van der Waals surface area contributed by atoms with Crippen molar-refractivity contribution in [3.8, 4) is 0 Å². The van der Waals surface area contributed by atoms with Crippen LogP contribution in [0.5, 0.6) is 0 Å². The number of carbonyl (C=O) groups is 2. The molecule has 1 fully saturated rings. The van der Waals surface area contributed by atoms with Crippen molar-refractivity contribution in [2.45, 2.75) is 76.3 Å². The van der Waals surface area contributed by atoms with Gasteiger partial charge in [0, 0.05) is 42.4 Å². The van der Waals surface area contributed by atoms with Crippen LogP contribution in [0.4, 0.5) is 0 Å². The van der Waals surface area contributed by atoms with Crippen molar-refractivity contribution < 1.29 is 29.3 Å². The minimum Gasteiger partial charge on any atom is -0.460 e. The van der Waals surface area contributed by atoms with Gasteiger partial charge in [0.1, 0.15) is 25.4 Å². The van der Waals surface area contributed by atoms with E-state index in [0.29, 0.717) is 0 Å². The van der Waals surface area contributed by atoms with Gasteiger partial charge < -0.3 is 24.5 Å². The van der Waals surface area contributed by atoms with E-state index in [-0.39, 0.29) is 43.4 Å². The van der Waals surface area contributed by atoms with E-state index in [1.54, 1.807) is 0 Å². The summed E-state index contributed by atoms with van der Waals surface area (Å²) in [7, 11) is 2.12. The Morgan fingerprint density at radius 3 is 1.94 bits per heavy atom. The van der Waals surface area contributed by atoms with Crippen LogP contribution in [-0.2, 0) is 19.1 Å². The van der Waals surface area contributed by atoms with Crippen molar-refractivity contribution in [1.82, 2.24) is 9.71 Å². The van der Waals surface area contributed by atoms with E-state index in [9.17, 15) is 19.8 Å². The fourth-order valence-electron chi connectivity index (χ4n) is 4.13. The van der Waals surface area contributed by atoms with Crippen molar-refractivity contribution >= 4 is 19.9 Å². The van der Waals surface area contributed by atoms with Crippen LogP contribution in [0.1, 0.15) is 47.0 Å². The fourth-order valence-corrected chi connectivity index (χ4v) is 4.13. The van der Waals surface area contributed by atoms with E-state index < -0.39 is 24.1 Å². The van der Waals surface area contributed by atoms with E-state index in [1.807, 2.05) is 4.90 Å². The molecular weight excluding hydrogens is 399 g/mol. The number of ether oxygens (including phenoxy) is 2. The predicted molar refractivity (Wildman–Crippen MR) is 122 cm³/mol. The quantitative estimate of drug-likeness (QED) is 0.272. The predicted octanol–water partition coefficient (Wildman–Crippen LogP) is 0.428. The Balaban J connectivity index is 2.96. The zero-order chi connectivity index (χ0) is 23.8. The van der Waals surface area contributed by atoms with Gasteiger partial charge in [-0.2, -0.15) is 0 Å². The summed E-state index contributed by atoms with van der Waals surface area (Å²) in [5.74, 6) is -1.19. The maximum Gasteiger partial charge on any atom is 0.330 e. The summed E-state index contributed by atoms with van der Waals surface area (Å²) in [6.45, 7) is 15.6. The summed E-state index contributed by atoms with van der Waals surface area (Å²) in [6.07, 6.45) is 2.89. The molecule has 1 rings (SSSR count). The van der Waals surface area contributed by atoms with Gasteiger partial charge >= 0.3 is 11.9 Å². The van der Waals surface area contributed by atoms with Gasteiger partial charge in [-0.15, -0.1) is 0 Å². The molecule has 1 aliphatic rings. The number of aliphatic hydroxyl groups is 2. The first kappa shape index (κ1) is 27.4. The minimum absolute atomic E-state index is 0.000133. The number of nitrogens with zero attached hydrogens (tertiary/aromatic N) is 2. The molecule has 0 spiro atoms. The second-order valence-corrected chi connectivity index (χ2v) is 9.51. The standard InChI is InChI=1S/C22H39BN2O6/c1-7-19(28)30-14-17(26)12-24(13-18(27)15-31-20(29)8-2)16-9-10-21(3,4)25(23)22(5,6)11-16/h7-8,16-18,26-27H,1-2,9-15,23H2,3-6H3. The highest BCUT2D eigenvalue weighted by atomic mass is 16.5. The summed E-state index contributed by atoms with van der Waals surface area (Å²) in [6, 6.07) is 0.0775. The minimum atomic E-state index is -0.927. The zero-order valence-corrected chi connectivity index (χ0v) is 19.7. The van der Waals surface area contributed by atoms with E-state index in [0.717, 1.165) is 31.4 Å². The Hall–Kier alpha value is -1.68.